The summed E-state index contributed by atoms with van der Waals surface area (Å²) in [6.07, 6.45) is 1.11. The van der Waals surface area contributed by atoms with E-state index in [-0.39, 0.29) is 12.5 Å². The summed E-state index contributed by atoms with van der Waals surface area (Å²) in [4.78, 5) is 17.0. The highest BCUT2D eigenvalue weighted by atomic mass is 32.2. The van der Waals surface area contributed by atoms with Gasteiger partial charge in [-0.2, -0.15) is 0 Å². The molecule has 0 bridgehead atoms. The predicted octanol–water partition coefficient (Wildman–Crippen LogP) is 3.39. The summed E-state index contributed by atoms with van der Waals surface area (Å²) in [5, 5.41) is 0. The Kier molecular flexibility index (Phi) is 8.00. The van der Waals surface area contributed by atoms with Crippen LogP contribution >= 0.6 is 0 Å². The fraction of sp³-hybridized carbons (Fsp3) is 0.296. The van der Waals surface area contributed by atoms with Crippen LogP contribution in [0.1, 0.15) is 5.56 Å². The molecule has 36 heavy (non-hydrogen) atoms. The number of carbonyl (C=O) groups excluding carboxylic acids is 1. The molecule has 0 saturated carbocycles. The molecule has 1 aliphatic heterocycles. The lowest BCUT2D eigenvalue weighted by molar-refractivity contribution is -0.129. The van der Waals surface area contributed by atoms with Crippen molar-refractivity contribution in [3.63, 3.8) is 0 Å². The zero-order valence-electron chi connectivity index (χ0n) is 20.5. The van der Waals surface area contributed by atoms with Gasteiger partial charge in [0, 0.05) is 26.2 Å². The number of rotatable bonds is 9. The van der Waals surface area contributed by atoms with Crippen LogP contribution in [0.5, 0.6) is 11.5 Å². The maximum atomic E-state index is 13.1. The first kappa shape index (κ1) is 25.4. The van der Waals surface area contributed by atoms with Crippen molar-refractivity contribution >= 4 is 27.3 Å². The molecule has 0 atom stereocenters. The quantitative estimate of drug-likeness (QED) is 0.440. The number of methoxy groups -OCH3 is 1. The third-order valence-electron chi connectivity index (χ3n) is 6.11. The second kappa shape index (κ2) is 11.3. The van der Waals surface area contributed by atoms with Crippen molar-refractivity contribution < 1.29 is 22.7 Å². The molecule has 1 amide bonds. The van der Waals surface area contributed by atoms with Gasteiger partial charge in [-0.1, -0.05) is 42.5 Å². The molecule has 1 saturated heterocycles. The second-order valence-corrected chi connectivity index (χ2v) is 10.5. The van der Waals surface area contributed by atoms with Crippen molar-refractivity contribution in [3.8, 4) is 11.5 Å². The molecule has 0 N–H and O–H groups in total. The molecule has 3 aromatic carbocycles. The number of ether oxygens (including phenoxy) is 2. The fourth-order valence-electron chi connectivity index (χ4n) is 4.16. The number of nitrogens with zero attached hydrogens (tertiary/aromatic N) is 3. The average Bonchev–Trinajstić information content (AvgIpc) is 2.91. The number of anilines is 2. The number of piperazine rings is 1. The van der Waals surface area contributed by atoms with E-state index in [0.717, 1.165) is 27.6 Å². The Labute approximate surface area is 212 Å². The molecule has 0 aromatic heterocycles. The molecule has 0 aliphatic carbocycles. The van der Waals surface area contributed by atoms with Crippen molar-refractivity contribution in [3.05, 3.63) is 84.4 Å². The van der Waals surface area contributed by atoms with Gasteiger partial charge in [0.25, 0.3) is 0 Å². The van der Waals surface area contributed by atoms with Gasteiger partial charge >= 0.3 is 0 Å². The number of sulfonamides is 1. The third kappa shape index (κ3) is 6.28. The van der Waals surface area contributed by atoms with Gasteiger partial charge in [-0.25, -0.2) is 8.42 Å². The molecule has 0 unspecified atom stereocenters. The van der Waals surface area contributed by atoms with E-state index >= 15 is 0 Å². The molecule has 1 heterocycles. The normalized spacial score (nSPS) is 13.8. The molecular weight excluding hydrogens is 478 g/mol. The zero-order chi connectivity index (χ0) is 25.5. The van der Waals surface area contributed by atoms with Crippen LogP contribution in [0.2, 0.25) is 0 Å². The molecule has 4 rings (SSSR count). The molecule has 190 valence electrons. The van der Waals surface area contributed by atoms with Gasteiger partial charge in [0.2, 0.25) is 15.9 Å². The van der Waals surface area contributed by atoms with E-state index in [2.05, 4.69) is 4.90 Å². The predicted molar refractivity (Wildman–Crippen MR) is 141 cm³/mol. The highest BCUT2D eigenvalue weighted by molar-refractivity contribution is 7.92. The Morgan fingerprint density at radius 2 is 1.53 bits per heavy atom. The smallest absolute Gasteiger partial charge is 0.243 e. The zero-order valence-corrected chi connectivity index (χ0v) is 21.4. The lowest BCUT2D eigenvalue weighted by atomic mass is 10.2. The van der Waals surface area contributed by atoms with E-state index in [1.165, 1.54) is 0 Å². The molecule has 0 spiro atoms. The number of hydrogen-bond acceptors (Lipinski definition) is 6. The van der Waals surface area contributed by atoms with Crippen LogP contribution in [0.3, 0.4) is 0 Å². The lowest BCUT2D eigenvalue weighted by Gasteiger charge is -2.37. The van der Waals surface area contributed by atoms with E-state index in [1.54, 1.807) is 36.3 Å². The van der Waals surface area contributed by atoms with Gasteiger partial charge in [-0.3, -0.25) is 9.10 Å². The van der Waals surface area contributed by atoms with Crippen molar-refractivity contribution in [1.29, 1.82) is 0 Å². The SMILES string of the molecule is COc1ccccc1N1CCN(C(=O)CN(c2ccc(OCc3ccccc3)cc2)S(C)(=O)=O)CC1. The van der Waals surface area contributed by atoms with Gasteiger partial charge in [0.1, 0.15) is 24.7 Å². The summed E-state index contributed by atoms with van der Waals surface area (Å²) in [6, 6.07) is 24.3. The summed E-state index contributed by atoms with van der Waals surface area (Å²) < 4.78 is 37.5. The standard InChI is InChI=1S/C27H31N3O5S/c1-34-26-11-7-6-10-25(26)28-16-18-29(19-17-28)27(31)20-30(36(2,32)33)23-12-14-24(15-13-23)35-21-22-8-4-3-5-9-22/h3-15H,16-21H2,1-2H3. The average molecular weight is 510 g/mol. The first-order valence-electron chi connectivity index (χ1n) is 11.8. The Bertz CT molecular complexity index is 1260. The summed E-state index contributed by atoms with van der Waals surface area (Å²) >= 11 is 0. The van der Waals surface area contributed by atoms with Crippen molar-refractivity contribution in [2.75, 3.05) is 55.3 Å². The van der Waals surface area contributed by atoms with E-state index in [0.29, 0.717) is 44.2 Å². The van der Waals surface area contributed by atoms with E-state index in [1.807, 2.05) is 54.6 Å². The van der Waals surface area contributed by atoms with E-state index in [4.69, 9.17) is 9.47 Å². The van der Waals surface area contributed by atoms with Crippen molar-refractivity contribution in [2.24, 2.45) is 0 Å². The minimum Gasteiger partial charge on any atom is -0.495 e. The molecule has 0 radical (unpaired) electrons. The summed E-state index contributed by atoms with van der Waals surface area (Å²) in [5.41, 5.74) is 2.45. The topological polar surface area (TPSA) is 79.4 Å². The molecule has 8 nitrogen and oxygen atoms in total. The monoisotopic (exact) mass is 509 g/mol. The largest absolute Gasteiger partial charge is 0.495 e. The maximum Gasteiger partial charge on any atom is 0.243 e. The molecule has 1 aliphatic rings. The van der Waals surface area contributed by atoms with Crippen molar-refractivity contribution in [2.45, 2.75) is 6.61 Å². The number of hydrogen-bond donors (Lipinski definition) is 0. The van der Waals surface area contributed by atoms with Crippen LogP contribution in [0.4, 0.5) is 11.4 Å². The number of benzene rings is 3. The molecule has 9 heteroatoms. The summed E-state index contributed by atoms with van der Waals surface area (Å²) in [5.74, 6) is 1.18. The Morgan fingerprint density at radius 1 is 0.889 bits per heavy atom. The molecule has 1 fully saturated rings. The van der Waals surface area contributed by atoms with Crippen LogP contribution in [0.15, 0.2) is 78.9 Å². The minimum absolute atomic E-state index is 0.232. The Morgan fingerprint density at radius 3 is 2.17 bits per heavy atom. The third-order valence-corrected chi connectivity index (χ3v) is 7.25. The number of amides is 1. The molecular formula is C27H31N3O5S. The Balaban J connectivity index is 1.37. The first-order chi connectivity index (χ1) is 17.3. The second-order valence-electron chi connectivity index (χ2n) is 8.58. The first-order valence-corrected chi connectivity index (χ1v) is 13.6. The van der Waals surface area contributed by atoms with Gasteiger partial charge < -0.3 is 19.3 Å². The van der Waals surface area contributed by atoms with Crippen LogP contribution < -0.4 is 18.7 Å². The van der Waals surface area contributed by atoms with Gasteiger partial charge in [0.05, 0.1) is 24.7 Å². The van der Waals surface area contributed by atoms with Gasteiger partial charge in [-0.15, -0.1) is 0 Å². The van der Waals surface area contributed by atoms with Crippen LogP contribution in [0.25, 0.3) is 0 Å². The van der Waals surface area contributed by atoms with E-state index in [9.17, 15) is 13.2 Å². The minimum atomic E-state index is -3.66. The molecule has 3 aromatic rings. The fourth-order valence-corrected chi connectivity index (χ4v) is 5.01. The highest BCUT2D eigenvalue weighted by Gasteiger charge is 2.27. The van der Waals surface area contributed by atoms with Crippen LogP contribution in [-0.2, 0) is 21.4 Å². The summed E-state index contributed by atoms with van der Waals surface area (Å²) in [7, 11) is -2.03. The van der Waals surface area contributed by atoms with E-state index < -0.39 is 10.0 Å². The number of para-hydroxylation sites is 2. The maximum absolute atomic E-state index is 13.1. The van der Waals surface area contributed by atoms with Crippen LogP contribution in [-0.4, -0.2) is 65.3 Å². The van der Waals surface area contributed by atoms with Gasteiger partial charge in [0.15, 0.2) is 0 Å². The van der Waals surface area contributed by atoms with Crippen molar-refractivity contribution in [1.82, 2.24) is 4.90 Å². The lowest BCUT2D eigenvalue weighted by Crippen LogP contribution is -2.52. The highest BCUT2D eigenvalue weighted by Crippen LogP contribution is 2.28. The van der Waals surface area contributed by atoms with Gasteiger partial charge in [-0.05, 0) is 42.0 Å². The number of carbonyl (C=O) groups is 1. The Hall–Kier alpha value is -3.72. The summed E-state index contributed by atoms with van der Waals surface area (Å²) in [6.45, 7) is 2.44. The van der Waals surface area contributed by atoms with Crippen LogP contribution in [0, 0.1) is 0 Å².